The molecule has 1 saturated heterocycles. The average molecular weight is 555 g/mol. The Morgan fingerprint density at radius 2 is 2.02 bits per heavy atom. The number of nitrogens with one attached hydrogen (secondary N) is 3. The molecule has 0 spiro atoms. The highest BCUT2D eigenvalue weighted by molar-refractivity contribution is 6.09. The number of rotatable bonds is 6. The second-order valence-corrected chi connectivity index (χ2v) is 10.4. The molecular weight excluding hydrogens is 520 g/mol. The lowest BCUT2D eigenvalue weighted by molar-refractivity contribution is -0.122. The summed E-state index contributed by atoms with van der Waals surface area (Å²) in [5.74, 6) is -0.244. The van der Waals surface area contributed by atoms with Crippen molar-refractivity contribution in [3.05, 3.63) is 72.4 Å². The van der Waals surface area contributed by atoms with E-state index in [1.54, 1.807) is 18.5 Å². The van der Waals surface area contributed by atoms with Crippen LogP contribution in [-0.4, -0.2) is 84.2 Å². The summed E-state index contributed by atoms with van der Waals surface area (Å²) in [6, 6.07) is 14.7. The molecule has 212 valence electrons. The van der Waals surface area contributed by atoms with Gasteiger partial charge < -0.3 is 15.4 Å². The van der Waals surface area contributed by atoms with E-state index in [0.29, 0.717) is 23.5 Å². The molecule has 5 heterocycles. The number of hydrogen-bond acceptors (Lipinski definition) is 7. The molecule has 4 aromatic heterocycles. The number of aromatic nitrogens is 5. The fraction of sp³-hybridized carbons (Fsp3) is 0.300. The van der Waals surface area contributed by atoms with Crippen LogP contribution in [0.25, 0.3) is 33.1 Å². The van der Waals surface area contributed by atoms with Gasteiger partial charge >= 0.3 is 0 Å². The van der Waals surface area contributed by atoms with E-state index in [9.17, 15) is 4.79 Å². The predicted molar refractivity (Wildman–Crippen MR) is 159 cm³/mol. The van der Waals surface area contributed by atoms with Crippen molar-refractivity contribution in [3.63, 3.8) is 0 Å². The van der Waals surface area contributed by atoms with E-state index >= 15 is 0 Å². The molecule has 6 rings (SSSR count). The van der Waals surface area contributed by atoms with Gasteiger partial charge in [-0.3, -0.25) is 24.5 Å². The summed E-state index contributed by atoms with van der Waals surface area (Å²) < 4.78 is 0. The van der Waals surface area contributed by atoms with Crippen LogP contribution < -0.4 is 5.32 Å². The molecule has 11 heteroatoms. The Hall–Kier alpha value is -4.61. The lowest BCUT2D eigenvalue weighted by Gasteiger charge is -2.42. The maximum absolute atomic E-state index is 13.4. The zero-order chi connectivity index (χ0) is 28.9. The van der Waals surface area contributed by atoms with Crippen molar-refractivity contribution in [3.8, 4) is 11.1 Å². The number of carboxylic acid groups (broad SMARTS) is 1. The average Bonchev–Trinajstić information content (AvgIpc) is 3.63. The molecule has 0 radical (unpaired) electrons. The predicted octanol–water partition coefficient (Wildman–Crippen LogP) is 4.37. The standard InChI is InChI=1S/C29H32N8O.CH2O2/c1-18(2)37-12-11-36(16-19(37)3)17-21-5-4-6-25(33-21)29(38)34-26-13-20(14-27-24(26)15-32-35-27)22-7-9-30-28-23(22)8-10-31-28;2-1-3/h4-10,13-15,18-19H,11-12,16-17H2,1-3H3,(H,30,31)(H,32,35)(H,34,38);1H,(H,2,3). The maximum Gasteiger partial charge on any atom is 0.290 e. The molecule has 4 N–H and O–H groups in total. The van der Waals surface area contributed by atoms with Crippen LogP contribution >= 0.6 is 0 Å². The van der Waals surface area contributed by atoms with Gasteiger partial charge in [0.15, 0.2) is 0 Å². The lowest BCUT2D eigenvalue weighted by atomic mass is 10.0. The fourth-order valence-electron chi connectivity index (χ4n) is 5.59. The van der Waals surface area contributed by atoms with Crippen LogP contribution in [-0.2, 0) is 11.3 Å². The summed E-state index contributed by atoms with van der Waals surface area (Å²) in [5.41, 5.74) is 5.62. The minimum absolute atomic E-state index is 0.244. The van der Waals surface area contributed by atoms with Gasteiger partial charge in [-0.25, -0.2) is 9.97 Å². The van der Waals surface area contributed by atoms with Crippen LogP contribution in [0.4, 0.5) is 5.69 Å². The highest BCUT2D eigenvalue weighted by Crippen LogP contribution is 2.33. The van der Waals surface area contributed by atoms with E-state index in [-0.39, 0.29) is 12.4 Å². The highest BCUT2D eigenvalue weighted by atomic mass is 16.3. The number of carbonyl (C=O) groups is 2. The van der Waals surface area contributed by atoms with Crippen LogP contribution in [0.5, 0.6) is 0 Å². The second-order valence-electron chi connectivity index (χ2n) is 10.4. The third-order valence-corrected chi connectivity index (χ3v) is 7.43. The van der Waals surface area contributed by atoms with Gasteiger partial charge in [0.1, 0.15) is 11.3 Å². The topological polar surface area (TPSA) is 143 Å². The summed E-state index contributed by atoms with van der Waals surface area (Å²) in [5, 5.41) is 19.1. The molecule has 1 aliphatic heterocycles. The summed E-state index contributed by atoms with van der Waals surface area (Å²) >= 11 is 0. The SMILES string of the molecule is CC(C)N1CCN(Cc2cccc(C(=O)Nc3cc(-c4ccnc5[nH]ccc45)cc4[nH]ncc34)n2)CC1C.O=CO. The van der Waals surface area contributed by atoms with E-state index in [4.69, 9.17) is 14.9 Å². The van der Waals surface area contributed by atoms with Gasteiger partial charge in [0.2, 0.25) is 0 Å². The van der Waals surface area contributed by atoms with Crippen LogP contribution in [0.15, 0.2) is 61.1 Å². The molecule has 1 aliphatic rings. The van der Waals surface area contributed by atoms with E-state index in [0.717, 1.165) is 64.9 Å². The smallest absolute Gasteiger partial charge is 0.290 e. The molecule has 5 aromatic rings. The quantitative estimate of drug-likeness (QED) is 0.227. The number of anilines is 1. The minimum Gasteiger partial charge on any atom is -0.483 e. The first-order valence-electron chi connectivity index (χ1n) is 13.6. The molecule has 0 bridgehead atoms. The van der Waals surface area contributed by atoms with Crippen LogP contribution in [0.3, 0.4) is 0 Å². The third-order valence-electron chi connectivity index (χ3n) is 7.43. The second kappa shape index (κ2) is 12.3. The van der Waals surface area contributed by atoms with Crippen molar-refractivity contribution in [1.29, 1.82) is 0 Å². The van der Waals surface area contributed by atoms with Crippen molar-refractivity contribution in [2.24, 2.45) is 0 Å². The van der Waals surface area contributed by atoms with Gasteiger partial charge in [-0.05, 0) is 68.3 Å². The number of amides is 1. The van der Waals surface area contributed by atoms with E-state index < -0.39 is 0 Å². The number of aromatic amines is 2. The highest BCUT2D eigenvalue weighted by Gasteiger charge is 2.25. The van der Waals surface area contributed by atoms with Crippen molar-refractivity contribution in [1.82, 2.24) is 34.9 Å². The first-order valence-corrected chi connectivity index (χ1v) is 13.6. The van der Waals surface area contributed by atoms with Crippen molar-refractivity contribution in [2.75, 3.05) is 25.0 Å². The van der Waals surface area contributed by atoms with Gasteiger partial charge in [0.25, 0.3) is 12.4 Å². The maximum atomic E-state index is 13.4. The number of nitrogens with zero attached hydrogens (tertiary/aromatic N) is 5. The molecule has 0 aliphatic carbocycles. The lowest BCUT2D eigenvalue weighted by Crippen LogP contribution is -2.53. The Balaban J connectivity index is 0.00000108. The summed E-state index contributed by atoms with van der Waals surface area (Å²) in [6.07, 6.45) is 5.39. The van der Waals surface area contributed by atoms with E-state index in [1.165, 1.54) is 0 Å². The Morgan fingerprint density at radius 1 is 1.20 bits per heavy atom. The number of fused-ring (bicyclic) bond motifs is 2. The van der Waals surface area contributed by atoms with Crippen molar-refractivity contribution >= 4 is 40.0 Å². The summed E-state index contributed by atoms with van der Waals surface area (Å²) in [6.45, 7) is 10.3. The normalized spacial score (nSPS) is 16.0. The molecule has 1 atom stereocenters. The molecular formula is C30H34N8O3. The van der Waals surface area contributed by atoms with Gasteiger partial charge in [0.05, 0.1) is 23.1 Å². The molecule has 1 unspecified atom stereocenters. The fourth-order valence-corrected chi connectivity index (χ4v) is 5.59. The molecule has 41 heavy (non-hydrogen) atoms. The first kappa shape index (κ1) is 27.9. The molecule has 1 fully saturated rings. The number of carbonyl (C=O) groups excluding carboxylic acids is 1. The largest absolute Gasteiger partial charge is 0.483 e. The van der Waals surface area contributed by atoms with Gasteiger partial charge in [0, 0.05) is 61.4 Å². The molecule has 11 nitrogen and oxygen atoms in total. The zero-order valence-corrected chi connectivity index (χ0v) is 23.3. The van der Waals surface area contributed by atoms with Crippen LogP contribution in [0.1, 0.15) is 37.0 Å². The van der Waals surface area contributed by atoms with Crippen molar-refractivity contribution < 1.29 is 14.7 Å². The van der Waals surface area contributed by atoms with Gasteiger partial charge in [-0.2, -0.15) is 5.10 Å². The molecule has 1 aromatic carbocycles. The monoisotopic (exact) mass is 554 g/mol. The number of piperazine rings is 1. The third kappa shape index (κ3) is 6.11. The van der Waals surface area contributed by atoms with Crippen LogP contribution in [0, 0.1) is 0 Å². The first-order chi connectivity index (χ1) is 19.9. The minimum atomic E-state index is -0.250. The summed E-state index contributed by atoms with van der Waals surface area (Å²) in [7, 11) is 0. The molecule has 1 amide bonds. The van der Waals surface area contributed by atoms with E-state index in [2.05, 4.69) is 56.1 Å². The van der Waals surface area contributed by atoms with Crippen LogP contribution in [0.2, 0.25) is 0 Å². The number of pyridine rings is 2. The number of hydrogen-bond donors (Lipinski definition) is 4. The Kier molecular flexibility index (Phi) is 8.37. The van der Waals surface area contributed by atoms with Gasteiger partial charge in [-0.15, -0.1) is 0 Å². The van der Waals surface area contributed by atoms with Gasteiger partial charge in [-0.1, -0.05) is 6.07 Å². The Morgan fingerprint density at radius 3 is 2.80 bits per heavy atom. The Labute approximate surface area is 237 Å². The van der Waals surface area contributed by atoms with E-state index in [1.807, 2.05) is 42.6 Å². The number of benzene rings is 1. The zero-order valence-electron chi connectivity index (χ0n) is 23.3. The number of H-pyrrole nitrogens is 2. The Bertz CT molecular complexity index is 1660. The van der Waals surface area contributed by atoms with Crippen molar-refractivity contribution in [2.45, 2.75) is 39.4 Å². The molecule has 0 saturated carbocycles. The summed E-state index contributed by atoms with van der Waals surface area (Å²) in [4.78, 5) is 39.0.